The van der Waals surface area contributed by atoms with Crippen molar-refractivity contribution in [3.63, 3.8) is 0 Å². The number of rotatable bonds is 4. The summed E-state index contributed by atoms with van der Waals surface area (Å²) in [7, 11) is 0. The molecule has 0 bridgehead atoms. The Kier molecular flexibility index (Phi) is 4.36. The smallest absolute Gasteiger partial charge is 0.226 e. The first-order chi connectivity index (χ1) is 12.2. The van der Waals surface area contributed by atoms with Gasteiger partial charge in [0, 0.05) is 29.5 Å². The maximum Gasteiger partial charge on any atom is 0.226 e. The van der Waals surface area contributed by atoms with Crippen molar-refractivity contribution in [2.24, 2.45) is 5.92 Å². The molecule has 0 spiro atoms. The molecule has 1 aromatic heterocycles. The summed E-state index contributed by atoms with van der Waals surface area (Å²) in [5.41, 5.74) is 3.86. The van der Waals surface area contributed by atoms with Gasteiger partial charge in [0.25, 0.3) is 0 Å². The molecule has 2 aliphatic rings. The largest absolute Gasteiger partial charge is 0.326 e. The minimum Gasteiger partial charge on any atom is -0.326 e. The molecule has 0 saturated carbocycles. The summed E-state index contributed by atoms with van der Waals surface area (Å²) >= 11 is 1.44. The molecule has 0 unspecified atom stereocenters. The lowest BCUT2D eigenvalue weighted by atomic mass is 9.99. The molecular weight excluding hydrogens is 334 g/mol. The van der Waals surface area contributed by atoms with E-state index in [4.69, 9.17) is 0 Å². The summed E-state index contributed by atoms with van der Waals surface area (Å²) in [5.74, 6) is 0.442. The molecule has 1 aromatic carbocycles. The summed E-state index contributed by atoms with van der Waals surface area (Å²) in [6, 6.07) is 5.94. The van der Waals surface area contributed by atoms with E-state index < -0.39 is 0 Å². The minimum atomic E-state index is 0.0191. The van der Waals surface area contributed by atoms with Crippen LogP contribution in [0.4, 0.5) is 10.8 Å². The lowest BCUT2D eigenvalue weighted by Crippen LogP contribution is -2.18. The van der Waals surface area contributed by atoms with Gasteiger partial charge in [-0.25, -0.2) is 4.98 Å². The van der Waals surface area contributed by atoms with E-state index in [1.165, 1.54) is 11.3 Å². The number of anilines is 2. The number of amides is 2. The molecular formula is C19H19N3O2S. The number of aryl methyl sites for hydroxylation is 1. The Hall–Kier alpha value is -2.47. The molecule has 4 rings (SSSR count). The number of aromatic nitrogens is 1. The van der Waals surface area contributed by atoms with E-state index in [1.807, 2.05) is 17.5 Å². The first kappa shape index (κ1) is 16.0. The normalized spacial score (nSPS) is 18.7. The summed E-state index contributed by atoms with van der Waals surface area (Å²) < 4.78 is 0. The highest BCUT2D eigenvalue weighted by atomic mass is 32.1. The summed E-state index contributed by atoms with van der Waals surface area (Å²) in [4.78, 5) is 28.1. The Morgan fingerprint density at radius 1 is 1.36 bits per heavy atom. The zero-order chi connectivity index (χ0) is 17.2. The van der Waals surface area contributed by atoms with Gasteiger partial charge in [-0.2, -0.15) is 0 Å². The van der Waals surface area contributed by atoms with Gasteiger partial charge in [-0.15, -0.1) is 11.3 Å². The molecule has 25 heavy (non-hydrogen) atoms. The molecule has 2 amide bonds. The molecule has 5 nitrogen and oxygen atoms in total. The number of allylic oxidation sites excluding steroid dienone is 2. The van der Waals surface area contributed by atoms with E-state index in [-0.39, 0.29) is 11.8 Å². The van der Waals surface area contributed by atoms with Crippen LogP contribution in [-0.2, 0) is 16.0 Å². The zero-order valence-electron chi connectivity index (χ0n) is 13.7. The van der Waals surface area contributed by atoms with Crippen LogP contribution in [0.5, 0.6) is 0 Å². The molecule has 1 aliphatic carbocycles. The van der Waals surface area contributed by atoms with Gasteiger partial charge in [-0.3, -0.25) is 9.59 Å². The number of nitrogens with one attached hydrogen (secondary N) is 2. The Morgan fingerprint density at radius 2 is 2.28 bits per heavy atom. The molecule has 2 heterocycles. The third-order valence-electron chi connectivity index (χ3n) is 4.61. The molecule has 1 aliphatic heterocycles. The first-order valence-corrected chi connectivity index (χ1v) is 9.40. The highest BCUT2D eigenvalue weighted by Crippen LogP contribution is 2.31. The van der Waals surface area contributed by atoms with Crippen LogP contribution >= 0.6 is 11.3 Å². The number of hydrogen-bond donors (Lipinski definition) is 2. The predicted molar refractivity (Wildman–Crippen MR) is 99.6 cm³/mol. The summed E-state index contributed by atoms with van der Waals surface area (Å²) in [5, 5.41) is 8.37. The van der Waals surface area contributed by atoms with Crippen molar-refractivity contribution < 1.29 is 9.59 Å². The van der Waals surface area contributed by atoms with E-state index in [9.17, 15) is 9.59 Å². The van der Waals surface area contributed by atoms with Gasteiger partial charge >= 0.3 is 0 Å². The average molecular weight is 353 g/mol. The number of carbonyl (C=O) groups excluding carboxylic acids is 2. The number of nitrogens with zero attached hydrogens (tertiary/aromatic N) is 1. The van der Waals surface area contributed by atoms with Crippen LogP contribution in [0.2, 0.25) is 0 Å². The fourth-order valence-electron chi connectivity index (χ4n) is 3.28. The quantitative estimate of drug-likeness (QED) is 0.817. The molecule has 2 N–H and O–H groups in total. The highest BCUT2D eigenvalue weighted by molar-refractivity contribution is 7.14. The second-order valence-electron chi connectivity index (χ2n) is 6.48. The standard InChI is InChI=1S/C19H19N3O2S/c23-17-8-6-13-10-14(5-7-15(13)20-17)16-11-25-19(21-16)22-18(24)9-12-3-1-2-4-12/h1,3,5,7,10-12H,2,4,6,8-9H2,(H,20,23)(H,21,22,24)/t12-/m0/s1. The maximum atomic E-state index is 12.1. The van der Waals surface area contributed by atoms with Crippen LogP contribution in [0.1, 0.15) is 31.2 Å². The van der Waals surface area contributed by atoms with Crippen LogP contribution < -0.4 is 10.6 Å². The van der Waals surface area contributed by atoms with Crippen molar-refractivity contribution in [2.45, 2.75) is 32.1 Å². The number of carbonyl (C=O) groups is 2. The number of hydrogen-bond acceptors (Lipinski definition) is 4. The molecule has 0 saturated heterocycles. The molecule has 128 valence electrons. The van der Waals surface area contributed by atoms with Gasteiger partial charge < -0.3 is 10.6 Å². The molecule has 6 heteroatoms. The van der Waals surface area contributed by atoms with E-state index in [0.29, 0.717) is 23.9 Å². The predicted octanol–water partition coefficient (Wildman–Crippen LogP) is 3.99. The van der Waals surface area contributed by atoms with Crippen LogP contribution in [0.15, 0.2) is 35.7 Å². The SMILES string of the molecule is O=C(C[C@H]1C=CCC1)Nc1nc(-c2ccc3c(c2)CCC(=O)N3)cs1. The molecule has 0 fully saturated rings. The Labute approximate surface area is 150 Å². The molecule has 2 aromatic rings. The van der Waals surface area contributed by atoms with Crippen molar-refractivity contribution >= 4 is 34.0 Å². The monoisotopic (exact) mass is 353 g/mol. The van der Waals surface area contributed by atoms with E-state index in [2.05, 4.69) is 33.8 Å². The van der Waals surface area contributed by atoms with Gasteiger partial charge in [0.2, 0.25) is 11.8 Å². The van der Waals surface area contributed by atoms with Crippen molar-refractivity contribution in [3.05, 3.63) is 41.3 Å². The average Bonchev–Trinajstić information content (AvgIpc) is 3.26. The maximum absolute atomic E-state index is 12.1. The molecule has 1 atom stereocenters. The summed E-state index contributed by atoms with van der Waals surface area (Å²) in [6.07, 6.45) is 8.17. The number of fused-ring (bicyclic) bond motifs is 1. The first-order valence-electron chi connectivity index (χ1n) is 8.52. The minimum absolute atomic E-state index is 0.0191. The number of benzene rings is 1. The Balaban J connectivity index is 1.45. The van der Waals surface area contributed by atoms with Crippen LogP contribution in [0.25, 0.3) is 11.3 Å². The van der Waals surface area contributed by atoms with Crippen molar-refractivity contribution in [2.75, 3.05) is 10.6 Å². The second-order valence-corrected chi connectivity index (χ2v) is 7.33. The lowest BCUT2D eigenvalue weighted by Gasteiger charge is -2.17. The van der Waals surface area contributed by atoms with Crippen LogP contribution in [-0.4, -0.2) is 16.8 Å². The Bertz CT molecular complexity index is 856. The van der Waals surface area contributed by atoms with E-state index in [0.717, 1.165) is 41.8 Å². The van der Waals surface area contributed by atoms with Crippen molar-refractivity contribution in [1.29, 1.82) is 0 Å². The van der Waals surface area contributed by atoms with Crippen molar-refractivity contribution in [1.82, 2.24) is 4.98 Å². The lowest BCUT2D eigenvalue weighted by molar-refractivity contribution is -0.117. The van der Waals surface area contributed by atoms with Gasteiger partial charge in [-0.1, -0.05) is 18.2 Å². The fourth-order valence-corrected chi connectivity index (χ4v) is 4.02. The van der Waals surface area contributed by atoms with E-state index >= 15 is 0 Å². The van der Waals surface area contributed by atoms with Gasteiger partial charge in [0.05, 0.1) is 5.69 Å². The van der Waals surface area contributed by atoms with E-state index in [1.54, 1.807) is 0 Å². The highest BCUT2D eigenvalue weighted by Gasteiger charge is 2.17. The van der Waals surface area contributed by atoms with Crippen LogP contribution in [0.3, 0.4) is 0 Å². The second kappa shape index (κ2) is 6.80. The Morgan fingerprint density at radius 3 is 3.12 bits per heavy atom. The fraction of sp³-hybridized carbons (Fsp3) is 0.316. The van der Waals surface area contributed by atoms with Gasteiger partial charge in [-0.05, 0) is 42.9 Å². The molecule has 0 radical (unpaired) electrons. The zero-order valence-corrected chi connectivity index (χ0v) is 14.6. The summed E-state index contributed by atoms with van der Waals surface area (Å²) in [6.45, 7) is 0. The van der Waals surface area contributed by atoms with Crippen molar-refractivity contribution in [3.8, 4) is 11.3 Å². The van der Waals surface area contributed by atoms with Crippen LogP contribution in [0, 0.1) is 5.92 Å². The van der Waals surface area contributed by atoms with Gasteiger partial charge in [0.15, 0.2) is 5.13 Å². The topological polar surface area (TPSA) is 71.1 Å². The number of thiazole rings is 1. The third kappa shape index (κ3) is 3.64. The third-order valence-corrected chi connectivity index (χ3v) is 5.36. The van der Waals surface area contributed by atoms with Gasteiger partial charge in [0.1, 0.15) is 0 Å².